The number of benzene rings is 3. The molecule has 0 radical (unpaired) electrons. The van der Waals surface area contributed by atoms with Gasteiger partial charge in [-0.2, -0.15) is 4.99 Å². The van der Waals surface area contributed by atoms with Gasteiger partial charge in [0.2, 0.25) is 0 Å². The Bertz CT molecular complexity index is 1760. The molecular formula is C34H35F3N6O2S. The molecule has 1 aliphatic heterocycles. The third-order valence-electron chi connectivity index (χ3n) is 7.54. The van der Waals surface area contributed by atoms with Gasteiger partial charge in [-0.25, -0.2) is 14.5 Å². The largest absolute Gasteiger partial charge is 0.573 e. The number of nitrogens with one attached hydrogen (secondary N) is 1. The molecule has 0 spiro atoms. The van der Waals surface area contributed by atoms with Gasteiger partial charge in [0.15, 0.2) is 11.0 Å². The highest BCUT2D eigenvalue weighted by Crippen LogP contribution is 2.33. The zero-order chi connectivity index (χ0) is 33.0. The number of rotatable bonds is 7. The number of thioether (sulfide) groups is 1. The second-order valence-corrected chi connectivity index (χ2v) is 12.3. The van der Waals surface area contributed by atoms with Gasteiger partial charge in [-0.05, 0) is 85.7 Å². The van der Waals surface area contributed by atoms with E-state index in [1.807, 2.05) is 38.1 Å². The number of urea groups is 1. The fraction of sp³-hybridized carbons (Fsp3) is 0.294. The van der Waals surface area contributed by atoms with Crippen molar-refractivity contribution < 1.29 is 22.7 Å². The molecule has 240 valence electrons. The van der Waals surface area contributed by atoms with Crippen molar-refractivity contribution in [1.82, 2.24) is 20.1 Å². The standard InChI is InChI=1S/C34H35F3N6O2S/c1-21(2)29-16-7-22(3)19-30(29)42-17-6-18-46-33(42)40-32(44)39-24(5)23(4)25-8-10-26(11-9-25)31-38-20-43(41-31)27-12-14-28(15-13-27)45-34(35,36)37/h7-16,19-21H,6,17-18H2,1-5H3,(H,39,44)/b24-23+,40-33-. The van der Waals surface area contributed by atoms with Gasteiger partial charge in [0.1, 0.15) is 12.1 Å². The Hall–Kier alpha value is -4.58. The van der Waals surface area contributed by atoms with E-state index in [9.17, 15) is 18.0 Å². The summed E-state index contributed by atoms with van der Waals surface area (Å²) in [7, 11) is 0. The Balaban J connectivity index is 1.28. The summed E-state index contributed by atoms with van der Waals surface area (Å²) < 4.78 is 42.7. The van der Waals surface area contributed by atoms with E-state index >= 15 is 0 Å². The first kappa shape index (κ1) is 32.8. The fourth-order valence-corrected chi connectivity index (χ4v) is 5.98. The number of amidine groups is 1. The van der Waals surface area contributed by atoms with Gasteiger partial charge < -0.3 is 15.0 Å². The van der Waals surface area contributed by atoms with E-state index in [-0.39, 0.29) is 5.75 Å². The summed E-state index contributed by atoms with van der Waals surface area (Å²) in [5, 5.41) is 8.10. The van der Waals surface area contributed by atoms with Crippen LogP contribution in [0.5, 0.6) is 5.75 Å². The maximum Gasteiger partial charge on any atom is 0.573 e. The average Bonchev–Trinajstić information content (AvgIpc) is 3.51. The third-order valence-corrected chi connectivity index (χ3v) is 8.61. The lowest BCUT2D eigenvalue weighted by molar-refractivity contribution is -0.274. The topological polar surface area (TPSA) is 84.6 Å². The smallest absolute Gasteiger partial charge is 0.406 e. The summed E-state index contributed by atoms with van der Waals surface area (Å²) in [5.74, 6) is 1.38. The van der Waals surface area contributed by atoms with Crippen LogP contribution in [0.3, 0.4) is 0 Å². The van der Waals surface area contributed by atoms with Crippen LogP contribution in [-0.2, 0) is 0 Å². The number of aliphatic imine (C=N–C) groups is 1. The number of carbonyl (C=O) groups excluding carboxylic acids is 1. The first-order chi connectivity index (χ1) is 21.9. The Labute approximate surface area is 270 Å². The average molecular weight is 649 g/mol. The van der Waals surface area contributed by atoms with E-state index in [1.165, 1.54) is 40.8 Å². The molecule has 1 aromatic heterocycles. The highest BCUT2D eigenvalue weighted by Gasteiger charge is 2.31. The number of carbonyl (C=O) groups is 1. The predicted molar refractivity (Wildman–Crippen MR) is 177 cm³/mol. The van der Waals surface area contributed by atoms with E-state index in [0.717, 1.165) is 46.7 Å². The minimum absolute atomic E-state index is 0.313. The molecule has 2 heterocycles. The van der Waals surface area contributed by atoms with Gasteiger partial charge in [0, 0.05) is 29.2 Å². The normalized spacial score (nSPS) is 15.2. The molecule has 0 unspecified atom stereocenters. The number of halogens is 3. The monoisotopic (exact) mass is 648 g/mol. The minimum atomic E-state index is -4.75. The van der Waals surface area contributed by atoms with Gasteiger partial charge in [-0.3, -0.25) is 0 Å². The number of hydrogen-bond donors (Lipinski definition) is 1. The van der Waals surface area contributed by atoms with Crippen LogP contribution in [0, 0.1) is 6.92 Å². The van der Waals surface area contributed by atoms with Crippen molar-refractivity contribution in [3.8, 4) is 22.8 Å². The first-order valence-electron chi connectivity index (χ1n) is 14.8. The van der Waals surface area contributed by atoms with E-state index in [4.69, 9.17) is 0 Å². The number of alkyl halides is 3. The van der Waals surface area contributed by atoms with Crippen molar-refractivity contribution in [3.63, 3.8) is 0 Å². The van der Waals surface area contributed by atoms with Crippen LogP contribution in [0.1, 0.15) is 56.7 Å². The molecule has 1 aliphatic rings. The summed E-state index contributed by atoms with van der Waals surface area (Å²) in [6, 6.07) is 19.0. The van der Waals surface area contributed by atoms with Crippen LogP contribution in [0.15, 0.2) is 83.7 Å². The van der Waals surface area contributed by atoms with E-state index in [2.05, 4.69) is 69.0 Å². The molecule has 1 fully saturated rings. The van der Waals surface area contributed by atoms with Gasteiger partial charge in [-0.1, -0.05) is 62.0 Å². The molecule has 5 rings (SSSR count). The van der Waals surface area contributed by atoms with Crippen LogP contribution in [0.25, 0.3) is 22.6 Å². The van der Waals surface area contributed by atoms with Crippen LogP contribution in [0.4, 0.5) is 23.7 Å². The summed E-state index contributed by atoms with van der Waals surface area (Å²) in [5.41, 5.74) is 7.26. The van der Waals surface area contributed by atoms with Gasteiger partial charge in [0.25, 0.3) is 0 Å². The summed E-state index contributed by atoms with van der Waals surface area (Å²) in [4.78, 5) is 24.1. The Kier molecular flexibility index (Phi) is 9.85. The zero-order valence-electron chi connectivity index (χ0n) is 26.2. The van der Waals surface area contributed by atoms with Crippen LogP contribution >= 0.6 is 11.8 Å². The van der Waals surface area contributed by atoms with Gasteiger partial charge in [-0.15, -0.1) is 18.3 Å². The highest BCUT2D eigenvalue weighted by molar-refractivity contribution is 8.14. The fourth-order valence-electron chi connectivity index (χ4n) is 5.03. The summed E-state index contributed by atoms with van der Waals surface area (Å²) >= 11 is 1.59. The maximum absolute atomic E-state index is 13.1. The molecule has 3 aromatic carbocycles. The number of nitrogens with zero attached hydrogens (tertiary/aromatic N) is 5. The Morgan fingerprint density at radius 3 is 2.43 bits per heavy atom. The van der Waals surface area contributed by atoms with E-state index < -0.39 is 12.4 Å². The quantitative estimate of drug-likeness (QED) is 0.216. The lowest BCUT2D eigenvalue weighted by Crippen LogP contribution is -2.36. The number of ether oxygens (including phenoxy) is 1. The SMILES string of the molecule is C/C(NC(=O)/N=C1\SCCCN1c1cc(C)ccc1C(C)C)=C(/C)c1ccc(-c2ncn(-c3ccc(OC(F)(F)F)cc3)n2)cc1. The molecule has 0 aliphatic carbocycles. The second-order valence-electron chi connectivity index (χ2n) is 11.3. The molecule has 12 heteroatoms. The molecule has 0 saturated carbocycles. The van der Waals surface area contributed by atoms with Crippen molar-refractivity contribution in [3.05, 3.63) is 95.4 Å². The summed E-state index contributed by atoms with van der Waals surface area (Å²) in [6.45, 7) is 11.0. The van der Waals surface area contributed by atoms with Crippen LogP contribution in [-0.4, -0.2) is 44.6 Å². The van der Waals surface area contributed by atoms with E-state index in [0.29, 0.717) is 28.3 Å². The zero-order valence-corrected chi connectivity index (χ0v) is 27.0. The number of anilines is 1. The Morgan fingerprint density at radius 2 is 1.76 bits per heavy atom. The summed E-state index contributed by atoms with van der Waals surface area (Å²) in [6.07, 6.45) is -2.26. The molecule has 8 nitrogen and oxygen atoms in total. The number of amides is 2. The molecule has 2 amide bonds. The maximum atomic E-state index is 13.1. The predicted octanol–water partition coefficient (Wildman–Crippen LogP) is 8.72. The second kappa shape index (κ2) is 13.8. The first-order valence-corrected chi connectivity index (χ1v) is 15.8. The number of aromatic nitrogens is 3. The number of allylic oxidation sites excluding steroid dienone is 2. The number of hydrogen-bond acceptors (Lipinski definition) is 5. The molecule has 0 bridgehead atoms. The van der Waals surface area contributed by atoms with E-state index in [1.54, 1.807) is 11.8 Å². The molecular weight excluding hydrogens is 613 g/mol. The minimum Gasteiger partial charge on any atom is -0.406 e. The van der Waals surface area contributed by atoms with Crippen molar-refractivity contribution >= 4 is 34.2 Å². The highest BCUT2D eigenvalue weighted by atomic mass is 32.2. The Morgan fingerprint density at radius 1 is 1.04 bits per heavy atom. The van der Waals surface area contributed by atoms with Crippen molar-refractivity contribution in [1.29, 1.82) is 0 Å². The lowest BCUT2D eigenvalue weighted by atomic mass is 9.98. The third kappa shape index (κ3) is 7.97. The van der Waals surface area contributed by atoms with Crippen molar-refractivity contribution in [2.24, 2.45) is 4.99 Å². The molecule has 1 N–H and O–H groups in total. The van der Waals surface area contributed by atoms with Crippen LogP contribution < -0.4 is 15.0 Å². The van der Waals surface area contributed by atoms with Gasteiger partial charge >= 0.3 is 12.4 Å². The van der Waals surface area contributed by atoms with Gasteiger partial charge in [0.05, 0.1) is 5.69 Å². The molecule has 1 saturated heterocycles. The van der Waals surface area contributed by atoms with Crippen molar-refractivity contribution in [2.45, 2.75) is 53.3 Å². The molecule has 4 aromatic rings. The lowest BCUT2D eigenvalue weighted by Gasteiger charge is -2.32. The molecule has 46 heavy (non-hydrogen) atoms. The van der Waals surface area contributed by atoms with Crippen molar-refractivity contribution in [2.75, 3.05) is 17.2 Å². The van der Waals surface area contributed by atoms with Crippen LogP contribution in [0.2, 0.25) is 0 Å². The molecule has 0 atom stereocenters. The number of aryl methyl sites for hydroxylation is 1.